The molecular formula is C18H34O3Si. The number of hydrogen-bond acceptors (Lipinski definition) is 3. The van der Waals surface area contributed by atoms with Gasteiger partial charge in [0.25, 0.3) is 0 Å². The van der Waals surface area contributed by atoms with Crippen LogP contribution in [0.4, 0.5) is 0 Å². The number of rotatable bonds is 5. The van der Waals surface area contributed by atoms with Crippen LogP contribution in [0.3, 0.4) is 0 Å². The fourth-order valence-corrected chi connectivity index (χ4v) is 4.47. The fourth-order valence-electron chi connectivity index (χ4n) is 3.11. The molecule has 0 amide bonds. The lowest BCUT2D eigenvalue weighted by atomic mass is 9.94. The van der Waals surface area contributed by atoms with Crippen LogP contribution in [-0.4, -0.2) is 32.9 Å². The Hall–Kier alpha value is -0.163. The maximum Gasteiger partial charge on any atom is 0.192 e. The molecule has 3 nitrogen and oxygen atoms in total. The van der Waals surface area contributed by atoms with Crippen LogP contribution in [-0.2, 0) is 13.9 Å². The van der Waals surface area contributed by atoms with Crippen molar-refractivity contribution in [2.75, 3.05) is 6.61 Å². The molecule has 4 heteroatoms. The molecule has 1 heterocycles. The standard InChI is InChI=1S/C18H34O3Si/c1-7-11-15(21-22(5,6)17(2,3)4)16-14-19-18(20-16)12-9-8-10-13-18/h7,15-16H,1,8-14H2,2-6H3/t15-,16-/m1/s1. The zero-order chi connectivity index (χ0) is 16.4. The third-order valence-corrected chi connectivity index (χ3v) is 10.1. The van der Waals surface area contributed by atoms with Gasteiger partial charge in [-0.3, -0.25) is 0 Å². The largest absolute Gasteiger partial charge is 0.411 e. The fraction of sp³-hybridized carbons (Fsp3) is 0.889. The Balaban J connectivity index is 2.04. The summed E-state index contributed by atoms with van der Waals surface area (Å²) < 4.78 is 19.1. The van der Waals surface area contributed by atoms with Gasteiger partial charge in [-0.1, -0.05) is 33.3 Å². The summed E-state index contributed by atoms with van der Waals surface area (Å²) in [5.41, 5.74) is 0. The van der Waals surface area contributed by atoms with Crippen molar-refractivity contribution in [3.8, 4) is 0 Å². The van der Waals surface area contributed by atoms with Crippen molar-refractivity contribution < 1.29 is 13.9 Å². The van der Waals surface area contributed by atoms with E-state index in [1.54, 1.807) is 0 Å². The Kier molecular flexibility index (Phi) is 5.58. The van der Waals surface area contributed by atoms with E-state index in [2.05, 4.69) is 40.4 Å². The van der Waals surface area contributed by atoms with Crippen LogP contribution in [0, 0.1) is 0 Å². The predicted molar refractivity (Wildman–Crippen MR) is 93.5 cm³/mol. The molecule has 0 unspecified atom stereocenters. The molecule has 0 aromatic carbocycles. The molecule has 0 aromatic rings. The number of ether oxygens (including phenoxy) is 2. The zero-order valence-corrected chi connectivity index (χ0v) is 16.1. The molecule has 1 aliphatic carbocycles. The summed E-state index contributed by atoms with van der Waals surface area (Å²) in [4.78, 5) is 0. The molecule has 0 bridgehead atoms. The van der Waals surface area contributed by atoms with Crippen LogP contribution >= 0.6 is 0 Å². The summed E-state index contributed by atoms with van der Waals surface area (Å²) >= 11 is 0. The Labute approximate surface area is 137 Å². The second-order valence-corrected chi connectivity index (χ2v) is 13.1. The Morgan fingerprint density at radius 2 is 1.91 bits per heavy atom. The lowest BCUT2D eigenvalue weighted by Crippen LogP contribution is -2.48. The van der Waals surface area contributed by atoms with E-state index in [1.807, 2.05) is 6.08 Å². The van der Waals surface area contributed by atoms with E-state index >= 15 is 0 Å². The first-order valence-electron chi connectivity index (χ1n) is 8.80. The second kappa shape index (κ2) is 6.76. The monoisotopic (exact) mass is 326 g/mol. The molecule has 2 aliphatic rings. The maximum atomic E-state index is 6.62. The molecule has 128 valence electrons. The predicted octanol–water partition coefficient (Wildman–Crippen LogP) is 5.03. The van der Waals surface area contributed by atoms with Gasteiger partial charge in [-0.2, -0.15) is 0 Å². The lowest BCUT2D eigenvalue weighted by molar-refractivity contribution is -0.194. The van der Waals surface area contributed by atoms with Crippen molar-refractivity contribution in [1.82, 2.24) is 0 Å². The van der Waals surface area contributed by atoms with Crippen molar-refractivity contribution in [1.29, 1.82) is 0 Å². The van der Waals surface area contributed by atoms with Gasteiger partial charge in [-0.05, 0) is 37.4 Å². The van der Waals surface area contributed by atoms with E-state index in [-0.39, 0.29) is 23.0 Å². The molecular weight excluding hydrogens is 292 g/mol. The van der Waals surface area contributed by atoms with Crippen LogP contribution in [0.1, 0.15) is 59.3 Å². The van der Waals surface area contributed by atoms with Crippen molar-refractivity contribution in [3.63, 3.8) is 0 Å². The average Bonchev–Trinajstić information content (AvgIpc) is 2.81. The van der Waals surface area contributed by atoms with Crippen molar-refractivity contribution in [2.24, 2.45) is 0 Å². The SMILES string of the molecule is C=CC[C@@H](O[Si](C)(C)C(C)(C)C)[C@H]1COC2(CCCCC2)O1. The minimum Gasteiger partial charge on any atom is -0.411 e. The van der Waals surface area contributed by atoms with Crippen molar-refractivity contribution in [3.05, 3.63) is 12.7 Å². The first-order valence-corrected chi connectivity index (χ1v) is 11.7. The summed E-state index contributed by atoms with van der Waals surface area (Å²) in [6.07, 6.45) is 8.68. The van der Waals surface area contributed by atoms with Gasteiger partial charge in [-0.25, -0.2) is 0 Å². The van der Waals surface area contributed by atoms with E-state index in [0.717, 1.165) is 19.3 Å². The molecule has 22 heavy (non-hydrogen) atoms. The van der Waals surface area contributed by atoms with Gasteiger partial charge in [0, 0.05) is 12.8 Å². The summed E-state index contributed by atoms with van der Waals surface area (Å²) in [6.45, 7) is 16.0. The van der Waals surface area contributed by atoms with Gasteiger partial charge in [0.15, 0.2) is 14.1 Å². The van der Waals surface area contributed by atoms with Crippen LogP contribution in [0.15, 0.2) is 12.7 Å². The smallest absolute Gasteiger partial charge is 0.192 e. The molecule has 0 N–H and O–H groups in total. The molecule has 1 saturated carbocycles. The van der Waals surface area contributed by atoms with Crippen molar-refractivity contribution in [2.45, 2.75) is 95.4 Å². The molecule has 2 fully saturated rings. The van der Waals surface area contributed by atoms with E-state index in [9.17, 15) is 0 Å². The van der Waals surface area contributed by atoms with Crippen LogP contribution in [0.2, 0.25) is 18.1 Å². The molecule has 1 saturated heterocycles. The van der Waals surface area contributed by atoms with Gasteiger partial charge in [-0.15, -0.1) is 6.58 Å². The Bertz CT molecular complexity index is 380. The highest BCUT2D eigenvalue weighted by molar-refractivity contribution is 6.74. The van der Waals surface area contributed by atoms with Gasteiger partial charge in [0.05, 0.1) is 12.7 Å². The average molecular weight is 327 g/mol. The molecule has 0 aromatic heterocycles. The van der Waals surface area contributed by atoms with Gasteiger partial charge < -0.3 is 13.9 Å². The third kappa shape index (κ3) is 4.02. The minimum atomic E-state index is -1.82. The first kappa shape index (κ1) is 18.2. The topological polar surface area (TPSA) is 27.7 Å². The number of hydrogen-bond donors (Lipinski definition) is 0. The molecule has 2 atom stereocenters. The molecule has 0 radical (unpaired) electrons. The summed E-state index contributed by atoms with van der Waals surface area (Å²) in [7, 11) is -1.82. The highest BCUT2D eigenvalue weighted by atomic mass is 28.4. The highest BCUT2D eigenvalue weighted by Crippen LogP contribution is 2.42. The summed E-state index contributed by atoms with van der Waals surface area (Å²) in [6, 6.07) is 0. The van der Waals surface area contributed by atoms with Crippen LogP contribution in [0.25, 0.3) is 0 Å². The minimum absolute atomic E-state index is 0.0465. The Morgan fingerprint density at radius 1 is 1.27 bits per heavy atom. The molecule has 1 spiro atoms. The zero-order valence-electron chi connectivity index (χ0n) is 15.1. The Morgan fingerprint density at radius 3 is 2.45 bits per heavy atom. The van der Waals surface area contributed by atoms with E-state index in [4.69, 9.17) is 13.9 Å². The quantitative estimate of drug-likeness (QED) is 0.524. The molecule has 2 rings (SSSR count). The highest BCUT2D eigenvalue weighted by Gasteiger charge is 2.47. The first-order chi connectivity index (χ1) is 10.2. The van der Waals surface area contributed by atoms with E-state index in [0.29, 0.717) is 6.61 Å². The lowest BCUT2D eigenvalue weighted by Gasteiger charge is -2.40. The molecule has 1 aliphatic heterocycles. The summed E-state index contributed by atoms with van der Waals surface area (Å²) in [5, 5.41) is 0.203. The van der Waals surface area contributed by atoms with Gasteiger partial charge >= 0.3 is 0 Å². The normalized spacial score (nSPS) is 27.0. The maximum absolute atomic E-state index is 6.62. The van der Waals surface area contributed by atoms with Crippen LogP contribution in [0.5, 0.6) is 0 Å². The van der Waals surface area contributed by atoms with Crippen molar-refractivity contribution >= 4 is 8.32 Å². The van der Waals surface area contributed by atoms with E-state index < -0.39 is 8.32 Å². The van der Waals surface area contributed by atoms with Crippen LogP contribution < -0.4 is 0 Å². The summed E-state index contributed by atoms with van der Waals surface area (Å²) in [5.74, 6) is -0.320. The van der Waals surface area contributed by atoms with Gasteiger partial charge in [0.2, 0.25) is 0 Å². The third-order valence-electron chi connectivity index (χ3n) is 5.56. The van der Waals surface area contributed by atoms with Gasteiger partial charge in [0.1, 0.15) is 6.10 Å². The van der Waals surface area contributed by atoms with E-state index in [1.165, 1.54) is 19.3 Å². The second-order valence-electron chi connectivity index (χ2n) is 8.38.